The van der Waals surface area contributed by atoms with Crippen molar-refractivity contribution in [2.75, 3.05) is 19.3 Å². The summed E-state index contributed by atoms with van der Waals surface area (Å²) in [6.45, 7) is 11.0. The SMILES string of the molecule is CCCCCC(C)(C)CNC(=NCc1ccc(S(C)(=O)=O)cc1)NCC.I. The third kappa shape index (κ3) is 10.9. The van der Waals surface area contributed by atoms with Crippen molar-refractivity contribution in [3.63, 3.8) is 0 Å². The highest BCUT2D eigenvalue weighted by atomic mass is 127. The monoisotopic (exact) mass is 509 g/mol. The number of unbranched alkanes of at least 4 members (excludes halogenated alkanes) is 2. The van der Waals surface area contributed by atoms with E-state index in [1.54, 1.807) is 12.1 Å². The van der Waals surface area contributed by atoms with Crippen LogP contribution in [-0.4, -0.2) is 33.7 Å². The van der Waals surface area contributed by atoms with Crippen LogP contribution in [0, 0.1) is 5.41 Å². The Bertz CT molecular complexity index is 671. The largest absolute Gasteiger partial charge is 0.357 e. The first kappa shape index (κ1) is 26.2. The summed E-state index contributed by atoms with van der Waals surface area (Å²) in [5.41, 5.74) is 1.21. The number of aliphatic imine (C=N–C) groups is 1. The number of nitrogens with zero attached hydrogens (tertiary/aromatic N) is 1. The van der Waals surface area contributed by atoms with Gasteiger partial charge in [0.1, 0.15) is 0 Å². The molecule has 0 heterocycles. The maximum Gasteiger partial charge on any atom is 0.191 e. The highest BCUT2D eigenvalue weighted by Crippen LogP contribution is 2.22. The van der Waals surface area contributed by atoms with E-state index in [9.17, 15) is 8.42 Å². The van der Waals surface area contributed by atoms with E-state index in [4.69, 9.17) is 0 Å². The number of halogens is 1. The maximum atomic E-state index is 11.5. The molecule has 7 heteroatoms. The summed E-state index contributed by atoms with van der Waals surface area (Å²) in [6, 6.07) is 6.91. The van der Waals surface area contributed by atoms with Crippen LogP contribution in [0.1, 0.15) is 58.9 Å². The summed E-state index contributed by atoms with van der Waals surface area (Å²) in [4.78, 5) is 4.96. The molecule has 0 amide bonds. The summed E-state index contributed by atoms with van der Waals surface area (Å²) in [7, 11) is -3.15. The molecule has 0 radical (unpaired) electrons. The minimum atomic E-state index is -3.15. The lowest BCUT2D eigenvalue weighted by molar-refractivity contribution is 0.318. The van der Waals surface area contributed by atoms with E-state index < -0.39 is 9.84 Å². The van der Waals surface area contributed by atoms with E-state index >= 15 is 0 Å². The van der Waals surface area contributed by atoms with Gasteiger partial charge in [0.25, 0.3) is 0 Å². The summed E-state index contributed by atoms with van der Waals surface area (Å²) in [5.74, 6) is 0.795. The minimum absolute atomic E-state index is 0. The van der Waals surface area contributed by atoms with Crippen molar-refractivity contribution in [1.29, 1.82) is 0 Å². The van der Waals surface area contributed by atoms with Gasteiger partial charge in [0.2, 0.25) is 0 Å². The van der Waals surface area contributed by atoms with Gasteiger partial charge >= 0.3 is 0 Å². The van der Waals surface area contributed by atoms with E-state index in [0.717, 1.165) is 24.6 Å². The summed E-state index contributed by atoms with van der Waals surface area (Å²) in [6.07, 6.45) is 6.19. The fraction of sp³-hybridized carbons (Fsp3) is 0.650. The van der Waals surface area contributed by atoms with Crippen LogP contribution in [0.15, 0.2) is 34.2 Å². The Morgan fingerprint density at radius 1 is 1.07 bits per heavy atom. The van der Waals surface area contributed by atoms with Crippen molar-refractivity contribution in [2.24, 2.45) is 10.4 Å². The predicted molar refractivity (Wildman–Crippen MR) is 126 cm³/mol. The number of rotatable bonds is 10. The van der Waals surface area contributed by atoms with Crippen molar-refractivity contribution in [2.45, 2.75) is 64.8 Å². The molecule has 0 aliphatic rings. The average Bonchev–Trinajstić information content (AvgIpc) is 2.57. The molecule has 0 fully saturated rings. The molecule has 0 unspecified atom stereocenters. The average molecular weight is 509 g/mol. The summed E-state index contributed by atoms with van der Waals surface area (Å²) < 4.78 is 23.0. The van der Waals surface area contributed by atoms with Crippen LogP contribution in [0.3, 0.4) is 0 Å². The molecule has 0 aromatic heterocycles. The lowest BCUT2D eigenvalue weighted by atomic mass is 9.87. The smallest absolute Gasteiger partial charge is 0.191 e. The van der Waals surface area contributed by atoms with Crippen LogP contribution in [0.25, 0.3) is 0 Å². The summed E-state index contributed by atoms with van der Waals surface area (Å²) in [5, 5.41) is 6.71. The summed E-state index contributed by atoms with van der Waals surface area (Å²) >= 11 is 0. The molecule has 1 aromatic rings. The Kier molecular flexibility index (Phi) is 12.2. The first-order chi connectivity index (χ1) is 12.2. The van der Waals surface area contributed by atoms with Crippen molar-refractivity contribution in [1.82, 2.24) is 10.6 Å². The van der Waals surface area contributed by atoms with Crippen molar-refractivity contribution < 1.29 is 8.42 Å². The Morgan fingerprint density at radius 3 is 2.22 bits per heavy atom. The molecule has 0 atom stereocenters. The minimum Gasteiger partial charge on any atom is -0.357 e. The topological polar surface area (TPSA) is 70.6 Å². The van der Waals surface area contributed by atoms with Crippen LogP contribution >= 0.6 is 24.0 Å². The molecule has 27 heavy (non-hydrogen) atoms. The second-order valence-electron chi connectivity index (χ2n) is 7.59. The second-order valence-corrected chi connectivity index (χ2v) is 9.60. The van der Waals surface area contributed by atoms with Gasteiger partial charge in [-0.25, -0.2) is 13.4 Å². The number of benzene rings is 1. The zero-order chi connectivity index (χ0) is 19.6. The van der Waals surface area contributed by atoms with Gasteiger partial charge < -0.3 is 10.6 Å². The molecule has 156 valence electrons. The molecule has 0 spiro atoms. The standard InChI is InChI=1S/C20H35N3O2S.HI/c1-6-8-9-14-20(3,4)16-23-19(21-7-2)22-15-17-10-12-18(13-11-17)26(5,24)25;/h10-13H,6-9,14-16H2,1-5H3,(H2,21,22,23);1H. The second kappa shape index (κ2) is 12.6. The predicted octanol–water partition coefficient (Wildman–Crippen LogP) is 4.37. The van der Waals surface area contributed by atoms with Crippen LogP contribution in [0.2, 0.25) is 0 Å². The highest BCUT2D eigenvalue weighted by molar-refractivity contribution is 14.0. The number of hydrogen-bond donors (Lipinski definition) is 2. The molecular formula is C20H36IN3O2S. The zero-order valence-electron chi connectivity index (χ0n) is 17.3. The van der Waals surface area contributed by atoms with Gasteiger partial charge in [0, 0.05) is 19.3 Å². The molecule has 0 aliphatic heterocycles. The fourth-order valence-corrected chi connectivity index (χ4v) is 3.25. The normalized spacial score (nSPS) is 12.4. The van der Waals surface area contributed by atoms with E-state index in [1.807, 2.05) is 19.1 Å². The van der Waals surface area contributed by atoms with E-state index in [1.165, 1.54) is 31.9 Å². The molecule has 5 nitrogen and oxygen atoms in total. The van der Waals surface area contributed by atoms with Gasteiger partial charge in [-0.2, -0.15) is 0 Å². The quantitative estimate of drug-likeness (QED) is 0.213. The zero-order valence-corrected chi connectivity index (χ0v) is 20.5. The van der Waals surface area contributed by atoms with E-state index in [2.05, 4.69) is 36.4 Å². The van der Waals surface area contributed by atoms with E-state index in [-0.39, 0.29) is 29.4 Å². The van der Waals surface area contributed by atoms with Gasteiger partial charge in [-0.1, -0.05) is 52.2 Å². The van der Waals surface area contributed by atoms with Gasteiger partial charge in [0.15, 0.2) is 15.8 Å². The van der Waals surface area contributed by atoms with Gasteiger partial charge in [-0.05, 0) is 36.5 Å². The number of sulfone groups is 1. The molecule has 0 bridgehead atoms. The Morgan fingerprint density at radius 2 is 1.70 bits per heavy atom. The fourth-order valence-electron chi connectivity index (χ4n) is 2.62. The number of nitrogens with one attached hydrogen (secondary N) is 2. The van der Waals surface area contributed by atoms with Crippen LogP contribution in [0.4, 0.5) is 0 Å². The molecule has 0 saturated carbocycles. The Labute approximate surface area is 182 Å². The van der Waals surface area contributed by atoms with Crippen LogP contribution in [-0.2, 0) is 16.4 Å². The third-order valence-corrected chi connectivity index (χ3v) is 5.44. The Hall–Kier alpha value is -0.830. The first-order valence-corrected chi connectivity index (χ1v) is 11.4. The number of hydrogen-bond acceptors (Lipinski definition) is 3. The Balaban J connectivity index is 0.00000676. The third-order valence-electron chi connectivity index (χ3n) is 4.31. The van der Waals surface area contributed by atoms with Gasteiger partial charge in [-0.3, -0.25) is 0 Å². The van der Waals surface area contributed by atoms with Crippen LogP contribution < -0.4 is 10.6 Å². The van der Waals surface area contributed by atoms with Crippen molar-refractivity contribution in [3.05, 3.63) is 29.8 Å². The lowest BCUT2D eigenvalue weighted by Gasteiger charge is -2.26. The molecular weight excluding hydrogens is 473 g/mol. The molecule has 1 rings (SSSR count). The molecule has 0 aliphatic carbocycles. The molecule has 1 aromatic carbocycles. The maximum absolute atomic E-state index is 11.5. The molecule has 0 saturated heterocycles. The lowest BCUT2D eigenvalue weighted by Crippen LogP contribution is -2.42. The molecule has 2 N–H and O–H groups in total. The van der Waals surface area contributed by atoms with Gasteiger partial charge in [0.05, 0.1) is 11.4 Å². The van der Waals surface area contributed by atoms with Crippen molar-refractivity contribution in [3.8, 4) is 0 Å². The van der Waals surface area contributed by atoms with Gasteiger partial charge in [-0.15, -0.1) is 24.0 Å². The number of guanidine groups is 1. The highest BCUT2D eigenvalue weighted by Gasteiger charge is 2.17. The first-order valence-electron chi connectivity index (χ1n) is 9.49. The van der Waals surface area contributed by atoms with E-state index in [0.29, 0.717) is 11.4 Å². The van der Waals surface area contributed by atoms with Crippen molar-refractivity contribution >= 4 is 39.8 Å². The van der Waals surface area contributed by atoms with Crippen LogP contribution in [0.5, 0.6) is 0 Å².